The predicted octanol–water partition coefficient (Wildman–Crippen LogP) is 3.23. The van der Waals surface area contributed by atoms with Crippen molar-refractivity contribution in [3.05, 3.63) is 42.0 Å². The van der Waals surface area contributed by atoms with Crippen LogP contribution in [0.5, 0.6) is 0 Å². The lowest BCUT2D eigenvalue weighted by molar-refractivity contribution is 0.0996. The first-order valence-electron chi connectivity index (χ1n) is 7.30. The molecule has 1 saturated heterocycles. The molecule has 3 heterocycles. The van der Waals surface area contributed by atoms with Crippen LogP contribution in [0.3, 0.4) is 0 Å². The number of hydrogen-bond acceptors (Lipinski definition) is 4. The number of amides is 1. The summed E-state index contributed by atoms with van der Waals surface area (Å²) in [6, 6.07) is 5.43. The summed E-state index contributed by atoms with van der Waals surface area (Å²) in [7, 11) is 0. The Morgan fingerprint density at radius 2 is 2.10 bits per heavy atom. The molecule has 5 heteroatoms. The molecule has 2 aromatic rings. The van der Waals surface area contributed by atoms with Gasteiger partial charge in [0, 0.05) is 31.0 Å². The van der Waals surface area contributed by atoms with Gasteiger partial charge in [0.05, 0.1) is 6.26 Å². The Kier molecular flexibility index (Phi) is 3.90. The van der Waals surface area contributed by atoms with Gasteiger partial charge in [-0.3, -0.25) is 4.79 Å². The maximum Gasteiger partial charge on any atom is 0.291 e. The van der Waals surface area contributed by atoms with E-state index in [9.17, 15) is 4.79 Å². The van der Waals surface area contributed by atoms with Crippen molar-refractivity contribution in [2.45, 2.75) is 26.2 Å². The van der Waals surface area contributed by atoms with E-state index in [1.807, 2.05) is 13.0 Å². The monoisotopic (exact) mass is 285 g/mol. The maximum atomic E-state index is 12.1. The molecule has 0 atom stereocenters. The van der Waals surface area contributed by atoms with Crippen LogP contribution in [-0.4, -0.2) is 24.0 Å². The minimum Gasteiger partial charge on any atom is -0.459 e. The van der Waals surface area contributed by atoms with Crippen LogP contribution in [-0.2, 0) is 0 Å². The second-order valence-electron chi connectivity index (χ2n) is 5.39. The number of hydrogen-bond donors (Lipinski definition) is 1. The van der Waals surface area contributed by atoms with Crippen LogP contribution >= 0.6 is 0 Å². The molecule has 1 fully saturated rings. The molecule has 1 amide bonds. The number of piperidine rings is 1. The van der Waals surface area contributed by atoms with E-state index in [0.717, 1.165) is 30.2 Å². The zero-order valence-electron chi connectivity index (χ0n) is 12.1. The van der Waals surface area contributed by atoms with E-state index in [1.54, 1.807) is 24.6 Å². The van der Waals surface area contributed by atoms with Crippen molar-refractivity contribution < 1.29 is 9.21 Å². The van der Waals surface area contributed by atoms with Crippen LogP contribution in [0.2, 0.25) is 0 Å². The molecule has 1 N–H and O–H groups in total. The number of carbonyl (C=O) groups excluding carboxylic acids is 1. The van der Waals surface area contributed by atoms with E-state index in [1.165, 1.54) is 19.3 Å². The van der Waals surface area contributed by atoms with Gasteiger partial charge in [-0.1, -0.05) is 0 Å². The van der Waals surface area contributed by atoms with Gasteiger partial charge in [-0.25, -0.2) is 4.98 Å². The second kappa shape index (κ2) is 5.99. The molecule has 21 heavy (non-hydrogen) atoms. The van der Waals surface area contributed by atoms with Gasteiger partial charge in [-0.2, -0.15) is 0 Å². The summed E-state index contributed by atoms with van der Waals surface area (Å²) in [6.45, 7) is 3.95. The molecule has 0 radical (unpaired) electrons. The van der Waals surface area contributed by atoms with Gasteiger partial charge in [-0.05, 0) is 43.9 Å². The van der Waals surface area contributed by atoms with Crippen LogP contribution in [0.25, 0.3) is 0 Å². The number of nitrogens with zero attached hydrogens (tertiary/aromatic N) is 2. The average molecular weight is 285 g/mol. The molecule has 110 valence electrons. The third-order valence-electron chi connectivity index (χ3n) is 3.64. The van der Waals surface area contributed by atoms with Crippen molar-refractivity contribution >= 4 is 17.4 Å². The molecule has 1 aliphatic rings. The number of aromatic nitrogens is 1. The van der Waals surface area contributed by atoms with Crippen molar-refractivity contribution in [3.8, 4) is 0 Å². The van der Waals surface area contributed by atoms with Gasteiger partial charge in [0.2, 0.25) is 0 Å². The van der Waals surface area contributed by atoms with Crippen molar-refractivity contribution in [2.75, 3.05) is 23.3 Å². The molecule has 3 rings (SSSR count). The van der Waals surface area contributed by atoms with Crippen LogP contribution in [0.15, 0.2) is 35.1 Å². The molecule has 0 spiro atoms. The highest BCUT2D eigenvalue weighted by Gasteiger charge is 2.14. The predicted molar refractivity (Wildman–Crippen MR) is 81.7 cm³/mol. The largest absolute Gasteiger partial charge is 0.459 e. The minimum absolute atomic E-state index is 0.237. The Hall–Kier alpha value is -2.30. The Balaban J connectivity index is 1.72. The van der Waals surface area contributed by atoms with Crippen LogP contribution in [0.4, 0.5) is 11.5 Å². The number of rotatable bonds is 3. The summed E-state index contributed by atoms with van der Waals surface area (Å²) >= 11 is 0. The van der Waals surface area contributed by atoms with E-state index in [4.69, 9.17) is 4.42 Å². The van der Waals surface area contributed by atoms with Gasteiger partial charge < -0.3 is 14.6 Å². The van der Waals surface area contributed by atoms with Crippen LogP contribution in [0, 0.1) is 6.92 Å². The molecule has 1 aliphatic heterocycles. The van der Waals surface area contributed by atoms with Crippen LogP contribution in [0.1, 0.15) is 35.4 Å². The van der Waals surface area contributed by atoms with E-state index in [2.05, 4.69) is 15.2 Å². The van der Waals surface area contributed by atoms with Gasteiger partial charge in [0.15, 0.2) is 5.76 Å². The fraction of sp³-hybridized carbons (Fsp3) is 0.375. The first kappa shape index (κ1) is 13.7. The van der Waals surface area contributed by atoms with Gasteiger partial charge in [0.25, 0.3) is 5.91 Å². The van der Waals surface area contributed by atoms with Crippen molar-refractivity contribution in [2.24, 2.45) is 0 Å². The zero-order chi connectivity index (χ0) is 14.7. The molecule has 0 aliphatic carbocycles. The van der Waals surface area contributed by atoms with E-state index in [-0.39, 0.29) is 5.91 Å². The van der Waals surface area contributed by atoms with Gasteiger partial charge in [0.1, 0.15) is 5.82 Å². The fourth-order valence-electron chi connectivity index (χ4n) is 2.54. The normalized spacial score (nSPS) is 15.0. The number of nitrogens with one attached hydrogen (secondary N) is 1. The molecule has 2 aromatic heterocycles. The van der Waals surface area contributed by atoms with Crippen molar-refractivity contribution in [1.29, 1.82) is 0 Å². The van der Waals surface area contributed by atoms with Crippen molar-refractivity contribution in [1.82, 2.24) is 4.98 Å². The van der Waals surface area contributed by atoms with Gasteiger partial charge >= 0.3 is 0 Å². The highest BCUT2D eigenvalue weighted by molar-refractivity contribution is 6.02. The SMILES string of the molecule is Cc1coc(C(=O)Nc2ccnc(N3CCCCC3)c2)c1. The third kappa shape index (κ3) is 3.24. The standard InChI is InChI=1S/C16H19N3O2/c1-12-9-14(21-11-12)16(20)18-13-5-6-17-15(10-13)19-7-3-2-4-8-19/h5-6,9-11H,2-4,7-8H2,1H3,(H,17,18,20). The topological polar surface area (TPSA) is 58.4 Å². The molecule has 5 nitrogen and oxygen atoms in total. The lowest BCUT2D eigenvalue weighted by Crippen LogP contribution is -2.30. The maximum absolute atomic E-state index is 12.1. The summed E-state index contributed by atoms with van der Waals surface area (Å²) in [5, 5.41) is 2.85. The lowest BCUT2D eigenvalue weighted by Gasteiger charge is -2.27. The highest BCUT2D eigenvalue weighted by atomic mass is 16.3. The number of carbonyl (C=O) groups is 1. The van der Waals surface area contributed by atoms with Gasteiger partial charge in [-0.15, -0.1) is 0 Å². The Morgan fingerprint density at radius 1 is 1.29 bits per heavy atom. The molecule has 0 unspecified atom stereocenters. The Labute approximate surface area is 124 Å². The summed E-state index contributed by atoms with van der Waals surface area (Å²) < 4.78 is 5.21. The number of anilines is 2. The number of pyridine rings is 1. The summed E-state index contributed by atoms with van der Waals surface area (Å²) in [5.41, 5.74) is 1.67. The molecular formula is C16H19N3O2. The molecule has 0 aromatic carbocycles. The van der Waals surface area contributed by atoms with Crippen molar-refractivity contribution in [3.63, 3.8) is 0 Å². The first-order valence-corrected chi connectivity index (χ1v) is 7.30. The van der Waals surface area contributed by atoms with E-state index in [0.29, 0.717) is 5.76 Å². The summed E-state index contributed by atoms with van der Waals surface area (Å²) in [5.74, 6) is 1.01. The quantitative estimate of drug-likeness (QED) is 0.940. The Bertz CT molecular complexity index is 630. The second-order valence-corrected chi connectivity index (χ2v) is 5.39. The molecule has 0 saturated carbocycles. The lowest BCUT2D eigenvalue weighted by atomic mass is 10.1. The van der Waals surface area contributed by atoms with Crippen LogP contribution < -0.4 is 10.2 Å². The average Bonchev–Trinajstić information content (AvgIpc) is 2.95. The summed E-state index contributed by atoms with van der Waals surface area (Å²) in [4.78, 5) is 18.7. The smallest absolute Gasteiger partial charge is 0.291 e. The fourth-order valence-corrected chi connectivity index (χ4v) is 2.54. The number of furan rings is 1. The van der Waals surface area contributed by atoms with E-state index < -0.39 is 0 Å². The third-order valence-corrected chi connectivity index (χ3v) is 3.64. The Morgan fingerprint density at radius 3 is 2.81 bits per heavy atom. The highest BCUT2D eigenvalue weighted by Crippen LogP contribution is 2.21. The minimum atomic E-state index is -0.237. The van der Waals surface area contributed by atoms with E-state index >= 15 is 0 Å². The molecule has 0 bridgehead atoms. The zero-order valence-corrected chi connectivity index (χ0v) is 12.1. The number of aryl methyl sites for hydroxylation is 1. The summed E-state index contributed by atoms with van der Waals surface area (Å²) in [6.07, 6.45) is 6.98. The first-order chi connectivity index (χ1) is 10.2. The molecular weight excluding hydrogens is 266 g/mol.